The van der Waals surface area contributed by atoms with Gasteiger partial charge in [0.15, 0.2) is 5.69 Å². The first-order valence-corrected chi connectivity index (χ1v) is 4.84. The average molecular weight is 217 g/mol. The van der Waals surface area contributed by atoms with E-state index in [1.165, 1.54) is 6.07 Å². The number of carboxylic acids is 1. The van der Waals surface area contributed by atoms with Crippen molar-refractivity contribution in [2.75, 3.05) is 0 Å². The molecule has 0 saturated heterocycles. The van der Waals surface area contributed by atoms with Crippen LogP contribution in [0, 0.1) is 13.8 Å². The van der Waals surface area contributed by atoms with Gasteiger partial charge in [-0.2, -0.15) is 0 Å². The zero-order chi connectivity index (χ0) is 11.9. The number of fused-ring (bicyclic) bond motifs is 1. The highest BCUT2D eigenvalue weighted by atomic mass is 16.4. The first-order valence-electron chi connectivity index (χ1n) is 4.84. The highest BCUT2D eigenvalue weighted by Crippen LogP contribution is 2.28. The van der Waals surface area contributed by atoms with E-state index in [4.69, 9.17) is 5.11 Å². The average Bonchev–Trinajstić information content (AvgIpc) is 2.23. The van der Waals surface area contributed by atoms with Crippen LogP contribution >= 0.6 is 0 Å². The molecule has 0 aliphatic heterocycles. The number of aryl methyl sites for hydroxylation is 1. The largest absolute Gasteiger partial charge is 0.506 e. The van der Waals surface area contributed by atoms with E-state index in [1.54, 1.807) is 13.0 Å². The molecule has 0 bridgehead atoms. The number of aromatic hydroxyl groups is 1. The van der Waals surface area contributed by atoms with Crippen LogP contribution in [0.2, 0.25) is 0 Å². The van der Waals surface area contributed by atoms with E-state index in [1.807, 2.05) is 13.0 Å². The molecule has 1 aromatic carbocycles. The van der Waals surface area contributed by atoms with Crippen LogP contribution < -0.4 is 0 Å². The number of rotatable bonds is 1. The van der Waals surface area contributed by atoms with E-state index in [0.29, 0.717) is 11.1 Å². The molecule has 2 N–H and O–H groups in total. The molecule has 4 heteroatoms. The minimum Gasteiger partial charge on any atom is -0.506 e. The summed E-state index contributed by atoms with van der Waals surface area (Å²) in [6.45, 7) is 3.54. The molecule has 16 heavy (non-hydrogen) atoms. The Morgan fingerprint density at radius 2 is 1.94 bits per heavy atom. The molecule has 0 saturated carbocycles. The van der Waals surface area contributed by atoms with Crippen molar-refractivity contribution in [2.45, 2.75) is 13.8 Å². The summed E-state index contributed by atoms with van der Waals surface area (Å²) in [4.78, 5) is 15.0. The minimum absolute atomic E-state index is 0.00287. The molecule has 1 aromatic heterocycles. The smallest absolute Gasteiger partial charge is 0.354 e. The van der Waals surface area contributed by atoms with Gasteiger partial charge in [-0.25, -0.2) is 9.78 Å². The Morgan fingerprint density at radius 1 is 1.25 bits per heavy atom. The number of pyridine rings is 1. The second-order valence-electron chi connectivity index (χ2n) is 3.69. The van der Waals surface area contributed by atoms with Crippen LogP contribution in [0.5, 0.6) is 5.75 Å². The van der Waals surface area contributed by atoms with Crippen molar-refractivity contribution >= 4 is 16.9 Å². The Hall–Kier alpha value is -2.10. The van der Waals surface area contributed by atoms with Gasteiger partial charge in [0, 0.05) is 5.39 Å². The van der Waals surface area contributed by atoms with E-state index in [0.717, 1.165) is 10.9 Å². The van der Waals surface area contributed by atoms with Crippen molar-refractivity contribution < 1.29 is 15.0 Å². The van der Waals surface area contributed by atoms with Gasteiger partial charge in [-0.1, -0.05) is 12.1 Å². The monoisotopic (exact) mass is 217 g/mol. The summed E-state index contributed by atoms with van der Waals surface area (Å²) in [7, 11) is 0. The third kappa shape index (κ3) is 1.39. The van der Waals surface area contributed by atoms with Crippen LogP contribution in [0.4, 0.5) is 0 Å². The Kier molecular flexibility index (Phi) is 2.27. The van der Waals surface area contributed by atoms with Gasteiger partial charge in [-0.3, -0.25) is 0 Å². The quantitative estimate of drug-likeness (QED) is 0.768. The van der Waals surface area contributed by atoms with Crippen molar-refractivity contribution in [2.24, 2.45) is 0 Å². The van der Waals surface area contributed by atoms with Crippen LogP contribution in [-0.2, 0) is 0 Å². The molecule has 82 valence electrons. The van der Waals surface area contributed by atoms with Crippen molar-refractivity contribution in [3.63, 3.8) is 0 Å². The number of nitrogens with zero attached hydrogens (tertiary/aromatic N) is 1. The SMILES string of the molecule is Cc1c(C(=O)O)nc2c(O)cccc2c1C. The van der Waals surface area contributed by atoms with E-state index in [-0.39, 0.29) is 11.4 Å². The molecule has 0 radical (unpaired) electrons. The molecule has 0 aliphatic rings. The van der Waals surface area contributed by atoms with Crippen LogP contribution in [-0.4, -0.2) is 21.2 Å². The number of phenols is 1. The molecule has 0 unspecified atom stereocenters. The lowest BCUT2D eigenvalue weighted by molar-refractivity contribution is 0.0690. The Bertz CT molecular complexity index is 590. The maximum Gasteiger partial charge on any atom is 0.354 e. The van der Waals surface area contributed by atoms with Gasteiger partial charge in [0.05, 0.1) is 0 Å². The Labute approximate surface area is 92.2 Å². The molecule has 0 spiro atoms. The molecule has 2 aromatic rings. The summed E-state index contributed by atoms with van der Waals surface area (Å²) in [6, 6.07) is 5.03. The second kappa shape index (κ2) is 3.48. The number of aromatic carboxylic acids is 1. The van der Waals surface area contributed by atoms with Gasteiger partial charge in [-0.15, -0.1) is 0 Å². The summed E-state index contributed by atoms with van der Waals surface area (Å²) in [5.74, 6) is -1.08. The molecule has 0 atom stereocenters. The maximum atomic E-state index is 11.0. The normalized spacial score (nSPS) is 10.6. The molecule has 4 nitrogen and oxygen atoms in total. The van der Waals surface area contributed by atoms with E-state index in [2.05, 4.69) is 4.98 Å². The zero-order valence-corrected chi connectivity index (χ0v) is 8.98. The predicted molar refractivity (Wildman–Crippen MR) is 59.8 cm³/mol. The van der Waals surface area contributed by atoms with Crippen LogP contribution in [0.25, 0.3) is 10.9 Å². The fraction of sp³-hybridized carbons (Fsp3) is 0.167. The van der Waals surface area contributed by atoms with Crippen molar-refractivity contribution in [3.8, 4) is 5.75 Å². The molecule has 0 fully saturated rings. The second-order valence-corrected chi connectivity index (χ2v) is 3.69. The number of hydrogen-bond donors (Lipinski definition) is 2. The third-order valence-corrected chi connectivity index (χ3v) is 2.76. The fourth-order valence-electron chi connectivity index (χ4n) is 1.73. The lowest BCUT2D eigenvalue weighted by Crippen LogP contribution is -2.05. The Balaban J connectivity index is 2.94. The van der Waals surface area contributed by atoms with E-state index >= 15 is 0 Å². The van der Waals surface area contributed by atoms with Crippen molar-refractivity contribution in [1.82, 2.24) is 4.98 Å². The lowest BCUT2D eigenvalue weighted by atomic mass is 10.0. The topological polar surface area (TPSA) is 70.4 Å². The molecule has 0 aliphatic carbocycles. The van der Waals surface area contributed by atoms with Crippen molar-refractivity contribution in [1.29, 1.82) is 0 Å². The van der Waals surface area contributed by atoms with Crippen LogP contribution in [0.3, 0.4) is 0 Å². The summed E-state index contributed by atoms with van der Waals surface area (Å²) >= 11 is 0. The minimum atomic E-state index is -1.08. The molecular weight excluding hydrogens is 206 g/mol. The van der Waals surface area contributed by atoms with Gasteiger partial charge in [0.25, 0.3) is 0 Å². The summed E-state index contributed by atoms with van der Waals surface area (Å²) < 4.78 is 0. The third-order valence-electron chi connectivity index (χ3n) is 2.76. The predicted octanol–water partition coefficient (Wildman–Crippen LogP) is 2.26. The van der Waals surface area contributed by atoms with E-state index in [9.17, 15) is 9.90 Å². The highest BCUT2D eigenvalue weighted by molar-refractivity contribution is 5.95. The first kappa shape index (κ1) is 10.4. The van der Waals surface area contributed by atoms with Gasteiger partial charge >= 0.3 is 5.97 Å². The maximum absolute atomic E-state index is 11.0. The van der Waals surface area contributed by atoms with Gasteiger partial charge < -0.3 is 10.2 Å². The van der Waals surface area contributed by atoms with Gasteiger partial charge in [-0.05, 0) is 31.0 Å². The standard InChI is InChI=1S/C12H11NO3/c1-6-7(2)10(12(15)16)13-11-8(6)4-3-5-9(11)14/h3-5,14H,1-2H3,(H,15,16). The highest BCUT2D eigenvalue weighted by Gasteiger charge is 2.15. The fourth-order valence-corrected chi connectivity index (χ4v) is 1.73. The van der Waals surface area contributed by atoms with Crippen molar-refractivity contribution in [3.05, 3.63) is 35.0 Å². The van der Waals surface area contributed by atoms with Gasteiger partial charge in [0.2, 0.25) is 0 Å². The Morgan fingerprint density at radius 3 is 2.56 bits per heavy atom. The molecule has 2 rings (SSSR count). The van der Waals surface area contributed by atoms with Crippen LogP contribution in [0.15, 0.2) is 18.2 Å². The first-order chi connectivity index (χ1) is 7.52. The van der Waals surface area contributed by atoms with Gasteiger partial charge in [0.1, 0.15) is 11.3 Å². The summed E-state index contributed by atoms with van der Waals surface area (Å²) in [6.07, 6.45) is 0. The molecule has 0 amide bonds. The number of phenolic OH excluding ortho intramolecular Hbond substituents is 1. The lowest BCUT2D eigenvalue weighted by Gasteiger charge is -2.09. The molecule has 1 heterocycles. The van der Waals surface area contributed by atoms with Crippen LogP contribution in [0.1, 0.15) is 21.6 Å². The van der Waals surface area contributed by atoms with E-state index < -0.39 is 5.97 Å². The molecular formula is C12H11NO3. The number of benzene rings is 1. The zero-order valence-electron chi connectivity index (χ0n) is 8.98. The summed E-state index contributed by atoms with van der Waals surface area (Å²) in [5.41, 5.74) is 1.79. The number of carbonyl (C=O) groups is 1. The number of aromatic nitrogens is 1. The number of carboxylic acid groups (broad SMARTS) is 1. The summed E-state index contributed by atoms with van der Waals surface area (Å²) in [5, 5.41) is 19.4. The number of hydrogen-bond acceptors (Lipinski definition) is 3. The number of para-hydroxylation sites is 1.